The average Bonchev–Trinajstić information content (AvgIpc) is 2.05. The maximum atomic E-state index is 11.0. The van der Waals surface area contributed by atoms with Crippen molar-refractivity contribution in [1.82, 2.24) is 5.32 Å². The van der Waals surface area contributed by atoms with Gasteiger partial charge in [-0.1, -0.05) is 0 Å². The van der Waals surface area contributed by atoms with Gasteiger partial charge in [0.2, 0.25) is 5.91 Å². The molecule has 1 N–H and O–H groups in total. The normalized spacial score (nSPS) is 20.5. The first-order chi connectivity index (χ1) is 4.84. The molecule has 2 heteroatoms. The van der Waals surface area contributed by atoms with Crippen LogP contribution in [0.5, 0.6) is 0 Å². The van der Waals surface area contributed by atoms with Gasteiger partial charge in [-0.05, 0) is 32.1 Å². The average molecular weight is 140 g/mol. The zero-order valence-corrected chi connectivity index (χ0v) is 6.39. The van der Waals surface area contributed by atoms with Crippen molar-refractivity contribution in [2.75, 3.05) is 7.05 Å². The summed E-state index contributed by atoms with van der Waals surface area (Å²) >= 11 is 0. The summed E-state index contributed by atoms with van der Waals surface area (Å²) in [5.41, 5.74) is 0. The van der Waals surface area contributed by atoms with Crippen LogP contribution in [0.25, 0.3) is 0 Å². The molecule has 1 fully saturated rings. The Morgan fingerprint density at radius 2 is 2.10 bits per heavy atom. The van der Waals surface area contributed by atoms with Gasteiger partial charge < -0.3 is 5.32 Å². The Balaban J connectivity index is 2.31. The molecule has 1 radical (unpaired) electrons. The predicted octanol–water partition coefficient (Wildman–Crippen LogP) is 1.13. The molecule has 0 aromatic heterocycles. The molecule has 0 bridgehead atoms. The van der Waals surface area contributed by atoms with Gasteiger partial charge in [-0.2, -0.15) is 0 Å². The smallest absolute Gasteiger partial charge is 0.222 e. The van der Waals surface area contributed by atoms with Crippen LogP contribution in [0.1, 0.15) is 25.7 Å². The standard InChI is InChI=1S/C8H14NO/c1-9-8(10)7-5-3-2-4-6-7/h2,7H,3-6H2,1H3,(H,9,10). The fourth-order valence-corrected chi connectivity index (χ4v) is 1.39. The first-order valence-electron chi connectivity index (χ1n) is 3.88. The lowest BCUT2D eigenvalue weighted by molar-refractivity contribution is -0.125. The van der Waals surface area contributed by atoms with E-state index >= 15 is 0 Å². The largest absolute Gasteiger partial charge is 0.359 e. The minimum absolute atomic E-state index is 0.216. The van der Waals surface area contributed by atoms with E-state index in [0.717, 1.165) is 25.7 Å². The molecule has 1 aliphatic carbocycles. The van der Waals surface area contributed by atoms with Gasteiger partial charge in [-0.15, -0.1) is 0 Å². The molecule has 0 aliphatic heterocycles. The molecule has 10 heavy (non-hydrogen) atoms. The number of hydrogen-bond donors (Lipinski definition) is 1. The Bertz CT molecular complexity index is 116. The first kappa shape index (κ1) is 7.58. The maximum absolute atomic E-state index is 11.0. The summed E-state index contributed by atoms with van der Waals surface area (Å²) in [6.07, 6.45) is 6.56. The zero-order valence-electron chi connectivity index (χ0n) is 6.39. The van der Waals surface area contributed by atoms with Crippen LogP contribution in [0.4, 0.5) is 0 Å². The topological polar surface area (TPSA) is 29.1 Å². The third-order valence-electron chi connectivity index (χ3n) is 2.06. The van der Waals surface area contributed by atoms with Crippen molar-refractivity contribution in [2.45, 2.75) is 25.7 Å². The SMILES string of the molecule is CNC(=O)C1CC[CH]CC1. The highest BCUT2D eigenvalue weighted by atomic mass is 16.1. The number of hydrogen-bond acceptors (Lipinski definition) is 1. The van der Waals surface area contributed by atoms with E-state index in [9.17, 15) is 4.79 Å². The molecule has 0 heterocycles. The maximum Gasteiger partial charge on any atom is 0.222 e. The third kappa shape index (κ3) is 1.72. The van der Waals surface area contributed by atoms with Crippen molar-refractivity contribution < 1.29 is 4.79 Å². The second kappa shape index (κ2) is 3.59. The number of rotatable bonds is 1. The van der Waals surface area contributed by atoms with E-state index < -0.39 is 0 Å². The van der Waals surface area contributed by atoms with Crippen molar-refractivity contribution in [3.8, 4) is 0 Å². The van der Waals surface area contributed by atoms with Gasteiger partial charge in [0.15, 0.2) is 0 Å². The first-order valence-corrected chi connectivity index (χ1v) is 3.88. The lowest BCUT2D eigenvalue weighted by Gasteiger charge is -2.19. The molecule has 0 atom stereocenters. The molecule has 1 rings (SSSR count). The summed E-state index contributed by atoms with van der Waals surface area (Å²) in [4.78, 5) is 11.0. The Labute approximate surface area is 62.0 Å². The van der Waals surface area contributed by atoms with Crippen molar-refractivity contribution in [2.24, 2.45) is 5.92 Å². The fraction of sp³-hybridized carbons (Fsp3) is 0.750. The van der Waals surface area contributed by atoms with Gasteiger partial charge in [0, 0.05) is 13.0 Å². The molecule has 0 aromatic carbocycles. The molecule has 1 aliphatic rings. The molecule has 0 unspecified atom stereocenters. The van der Waals surface area contributed by atoms with Crippen molar-refractivity contribution >= 4 is 5.91 Å². The van der Waals surface area contributed by atoms with E-state index in [-0.39, 0.29) is 11.8 Å². The number of nitrogens with one attached hydrogen (secondary N) is 1. The van der Waals surface area contributed by atoms with Crippen LogP contribution in [-0.4, -0.2) is 13.0 Å². The highest BCUT2D eigenvalue weighted by Gasteiger charge is 2.19. The van der Waals surface area contributed by atoms with Crippen molar-refractivity contribution in [3.05, 3.63) is 6.42 Å². The highest BCUT2D eigenvalue weighted by molar-refractivity contribution is 5.78. The van der Waals surface area contributed by atoms with Gasteiger partial charge >= 0.3 is 0 Å². The summed E-state index contributed by atoms with van der Waals surface area (Å²) in [7, 11) is 1.71. The summed E-state index contributed by atoms with van der Waals surface area (Å²) in [6.45, 7) is 0. The molecule has 1 saturated carbocycles. The zero-order chi connectivity index (χ0) is 7.40. The van der Waals surface area contributed by atoms with Crippen LogP contribution in [0, 0.1) is 12.3 Å². The second-order valence-electron chi connectivity index (χ2n) is 2.75. The summed E-state index contributed by atoms with van der Waals surface area (Å²) < 4.78 is 0. The molecular formula is C8H14NO. The summed E-state index contributed by atoms with van der Waals surface area (Å²) in [5.74, 6) is 0.503. The minimum Gasteiger partial charge on any atom is -0.359 e. The summed E-state index contributed by atoms with van der Waals surface area (Å²) in [5, 5.41) is 2.68. The van der Waals surface area contributed by atoms with E-state index in [0.29, 0.717) is 0 Å². The van der Waals surface area contributed by atoms with Gasteiger partial charge in [0.1, 0.15) is 0 Å². The summed E-state index contributed by atoms with van der Waals surface area (Å²) in [6, 6.07) is 0. The van der Waals surface area contributed by atoms with Gasteiger partial charge in [-0.25, -0.2) is 0 Å². The van der Waals surface area contributed by atoms with Crippen LogP contribution in [0.3, 0.4) is 0 Å². The Morgan fingerprint density at radius 1 is 1.50 bits per heavy atom. The highest BCUT2D eigenvalue weighted by Crippen LogP contribution is 2.22. The lowest BCUT2D eigenvalue weighted by Crippen LogP contribution is -2.28. The number of amides is 1. The van der Waals surface area contributed by atoms with Gasteiger partial charge in [0.25, 0.3) is 0 Å². The quantitative estimate of drug-likeness (QED) is 0.581. The lowest BCUT2D eigenvalue weighted by atomic mass is 9.89. The monoisotopic (exact) mass is 140 g/mol. The van der Waals surface area contributed by atoms with Crippen LogP contribution < -0.4 is 5.32 Å². The van der Waals surface area contributed by atoms with E-state index in [1.165, 1.54) is 0 Å². The van der Waals surface area contributed by atoms with Crippen LogP contribution in [0.15, 0.2) is 0 Å². The van der Waals surface area contributed by atoms with Gasteiger partial charge in [-0.3, -0.25) is 4.79 Å². The van der Waals surface area contributed by atoms with E-state index in [4.69, 9.17) is 0 Å². The molecule has 2 nitrogen and oxygen atoms in total. The Kier molecular flexibility index (Phi) is 2.72. The predicted molar refractivity (Wildman–Crippen MR) is 40.3 cm³/mol. The van der Waals surface area contributed by atoms with Crippen LogP contribution >= 0.6 is 0 Å². The van der Waals surface area contributed by atoms with Gasteiger partial charge in [0.05, 0.1) is 0 Å². The van der Waals surface area contributed by atoms with E-state index in [1.54, 1.807) is 7.05 Å². The molecular weight excluding hydrogens is 126 g/mol. The molecule has 1 amide bonds. The van der Waals surface area contributed by atoms with E-state index in [1.807, 2.05) is 0 Å². The van der Waals surface area contributed by atoms with Crippen molar-refractivity contribution in [3.63, 3.8) is 0 Å². The minimum atomic E-state index is 0.216. The molecule has 0 aromatic rings. The van der Waals surface area contributed by atoms with Crippen molar-refractivity contribution in [1.29, 1.82) is 0 Å². The number of carbonyl (C=O) groups excluding carboxylic acids is 1. The Morgan fingerprint density at radius 3 is 2.60 bits per heavy atom. The molecule has 0 saturated heterocycles. The molecule has 0 spiro atoms. The molecule has 57 valence electrons. The second-order valence-corrected chi connectivity index (χ2v) is 2.75. The third-order valence-corrected chi connectivity index (χ3v) is 2.06. The number of carbonyl (C=O) groups is 1. The van der Waals surface area contributed by atoms with E-state index in [2.05, 4.69) is 11.7 Å². The Hall–Kier alpha value is -0.530. The van der Waals surface area contributed by atoms with Crippen LogP contribution in [0.2, 0.25) is 0 Å². The van der Waals surface area contributed by atoms with Crippen LogP contribution in [-0.2, 0) is 4.79 Å². The fourth-order valence-electron chi connectivity index (χ4n) is 1.39.